The summed E-state index contributed by atoms with van der Waals surface area (Å²) in [6, 6.07) is 15.0. The molecule has 1 N–H and O–H groups in total. The molecule has 0 aliphatic heterocycles. The normalized spacial score (nSPS) is 11.0. The van der Waals surface area contributed by atoms with E-state index in [2.05, 4.69) is 31.4 Å². The zero-order valence-corrected chi connectivity index (χ0v) is 17.5. The lowest BCUT2D eigenvalue weighted by atomic mass is 10.1. The van der Waals surface area contributed by atoms with Crippen molar-refractivity contribution in [2.24, 2.45) is 0 Å². The topological polar surface area (TPSA) is 81.3 Å². The molecule has 2 aromatic heterocycles. The monoisotopic (exact) mass is 451 g/mol. The maximum Gasteiger partial charge on any atom is 0.293 e. The van der Waals surface area contributed by atoms with Crippen LogP contribution in [-0.4, -0.2) is 25.3 Å². The van der Waals surface area contributed by atoms with Crippen LogP contribution < -0.4 is 10.9 Å². The third-order valence-corrected chi connectivity index (χ3v) is 5.33. The smallest absolute Gasteiger partial charge is 0.293 e. The molecule has 0 aliphatic rings. The van der Waals surface area contributed by atoms with Gasteiger partial charge in [0.2, 0.25) is 5.91 Å². The summed E-state index contributed by atoms with van der Waals surface area (Å²) in [4.78, 5) is 25.2. The molecule has 2 aromatic carbocycles. The number of halogens is 1. The van der Waals surface area contributed by atoms with Gasteiger partial charge in [-0.25, -0.2) is 9.20 Å². The molecule has 0 saturated heterocycles. The average molecular weight is 452 g/mol. The van der Waals surface area contributed by atoms with Crippen molar-refractivity contribution >= 4 is 33.0 Å². The lowest BCUT2D eigenvalue weighted by Crippen LogP contribution is -2.30. The number of aromatic nitrogens is 4. The van der Waals surface area contributed by atoms with Crippen molar-refractivity contribution in [2.45, 2.75) is 20.4 Å². The molecule has 146 valence electrons. The fourth-order valence-electron chi connectivity index (χ4n) is 3.02. The highest BCUT2D eigenvalue weighted by atomic mass is 79.9. The van der Waals surface area contributed by atoms with Crippen molar-refractivity contribution in [3.05, 3.63) is 80.8 Å². The standard InChI is InChI=1S/C21H18BrN5O2/c1-13-4-3-5-17(14(13)2)24-20(28)11-26-21(29)19-10-18(25-27(19)12-23-26)15-6-8-16(22)9-7-15/h3-10,12H,11H2,1-2H3,(H,24,28). The minimum Gasteiger partial charge on any atom is -0.324 e. The summed E-state index contributed by atoms with van der Waals surface area (Å²) in [6.07, 6.45) is 1.43. The Morgan fingerprint density at radius 1 is 1.14 bits per heavy atom. The molecule has 0 aliphatic carbocycles. The molecule has 0 unspecified atom stereocenters. The van der Waals surface area contributed by atoms with E-state index in [-0.39, 0.29) is 18.0 Å². The highest BCUT2D eigenvalue weighted by Gasteiger charge is 2.13. The molecule has 7 nitrogen and oxygen atoms in total. The lowest BCUT2D eigenvalue weighted by Gasteiger charge is -2.10. The average Bonchev–Trinajstić information content (AvgIpc) is 3.13. The fourth-order valence-corrected chi connectivity index (χ4v) is 3.29. The van der Waals surface area contributed by atoms with Crippen molar-refractivity contribution < 1.29 is 4.79 Å². The Morgan fingerprint density at radius 2 is 1.90 bits per heavy atom. The zero-order valence-electron chi connectivity index (χ0n) is 15.9. The lowest BCUT2D eigenvalue weighted by molar-refractivity contribution is -0.117. The van der Waals surface area contributed by atoms with Crippen LogP contribution >= 0.6 is 15.9 Å². The van der Waals surface area contributed by atoms with Gasteiger partial charge in [0.15, 0.2) is 0 Å². The number of benzene rings is 2. The van der Waals surface area contributed by atoms with Gasteiger partial charge in [0.1, 0.15) is 18.4 Å². The van der Waals surface area contributed by atoms with Crippen LogP contribution in [0.25, 0.3) is 16.8 Å². The molecule has 8 heteroatoms. The Kier molecular flexibility index (Phi) is 5.02. The van der Waals surface area contributed by atoms with Crippen molar-refractivity contribution in [1.29, 1.82) is 0 Å². The van der Waals surface area contributed by atoms with E-state index in [1.165, 1.54) is 10.8 Å². The molecule has 1 amide bonds. The second kappa shape index (κ2) is 7.63. The first-order valence-electron chi connectivity index (χ1n) is 9.00. The molecular formula is C21H18BrN5O2. The molecule has 0 radical (unpaired) electrons. The minimum atomic E-state index is -0.375. The van der Waals surface area contributed by atoms with Gasteiger partial charge in [0.05, 0.1) is 5.69 Å². The van der Waals surface area contributed by atoms with Gasteiger partial charge in [0, 0.05) is 15.7 Å². The Hall–Kier alpha value is -3.26. The van der Waals surface area contributed by atoms with Gasteiger partial charge in [-0.3, -0.25) is 9.59 Å². The second-order valence-electron chi connectivity index (χ2n) is 6.76. The fraction of sp³-hybridized carbons (Fsp3) is 0.143. The summed E-state index contributed by atoms with van der Waals surface area (Å²) in [5.41, 5.74) is 4.33. The van der Waals surface area contributed by atoms with Gasteiger partial charge in [-0.1, -0.05) is 40.2 Å². The number of carbonyl (C=O) groups excluding carboxylic acids is 1. The third kappa shape index (κ3) is 3.84. The van der Waals surface area contributed by atoms with Crippen LogP contribution in [0.4, 0.5) is 5.69 Å². The molecule has 29 heavy (non-hydrogen) atoms. The SMILES string of the molecule is Cc1cccc(NC(=O)Cn2ncn3nc(-c4ccc(Br)cc4)cc3c2=O)c1C. The Morgan fingerprint density at radius 3 is 2.66 bits per heavy atom. The van der Waals surface area contributed by atoms with Gasteiger partial charge in [-0.15, -0.1) is 0 Å². The summed E-state index contributed by atoms with van der Waals surface area (Å²) in [5, 5.41) is 11.3. The number of anilines is 1. The first-order valence-corrected chi connectivity index (χ1v) is 9.79. The second-order valence-corrected chi connectivity index (χ2v) is 7.67. The van der Waals surface area contributed by atoms with E-state index < -0.39 is 0 Å². The third-order valence-electron chi connectivity index (χ3n) is 4.80. The van der Waals surface area contributed by atoms with Crippen molar-refractivity contribution in [2.75, 3.05) is 5.32 Å². The number of nitrogens with one attached hydrogen (secondary N) is 1. The molecule has 0 spiro atoms. The maximum atomic E-state index is 12.8. The van der Waals surface area contributed by atoms with Crippen molar-refractivity contribution in [1.82, 2.24) is 19.4 Å². The van der Waals surface area contributed by atoms with Gasteiger partial charge in [-0.2, -0.15) is 10.2 Å². The molecule has 0 saturated carbocycles. The van der Waals surface area contributed by atoms with Crippen LogP contribution in [-0.2, 0) is 11.3 Å². The van der Waals surface area contributed by atoms with Crippen LogP contribution in [0.1, 0.15) is 11.1 Å². The number of aryl methyl sites for hydroxylation is 1. The van der Waals surface area contributed by atoms with Gasteiger partial charge < -0.3 is 5.32 Å². The largest absolute Gasteiger partial charge is 0.324 e. The predicted octanol–water partition coefficient (Wildman–Crippen LogP) is 3.58. The molecule has 4 aromatic rings. The number of nitrogens with zero attached hydrogens (tertiary/aromatic N) is 4. The van der Waals surface area contributed by atoms with E-state index in [4.69, 9.17) is 0 Å². The van der Waals surface area contributed by atoms with E-state index >= 15 is 0 Å². The molecule has 2 heterocycles. The Balaban J connectivity index is 1.60. The van der Waals surface area contributed by atoms with Crippen LogP contribution in [0.3, 0.4) is 0 Å². The van der Waals surface area contributed by atoms with Gasteiger partial charge >= 0.3 is 0 Å². The molecular weight excluding hydrogens is 434 g/mol. The first-order chi connectivity index (χ1) is 13.9. The Bertz CT molecular complexity index is 1270. The number of fused-ring (bicyclic) bond motifs is 1. The van der Waals surface area contributed by atoms with Crippen LogP contribution in [0.5, 0.6) is 0 Å². The number of hydrogen-bond donors (Lipinski definition) is 1. The number of amides is 1. The minimum absolute atomic E-state index is 0.179. The van der Waals surface area contributed by atoms with E-state index in [0.29, 0.717) is 11.2 Å². The Labute approximate surface area is 175 Å². The van der Waals surface area contributed by atoms with E-state index in [1.54, 1.807) is 6.07 Å². The quantitative estimate of drug-likeness (QED) is 0.514. The van der Waals surface area contributed by atoms with Gasteiger partial charge in [0.25, 0.3) is 5.56 Å². The first kappa shape index (κ1) is 19.1. The summed E-state index contributed by atoms with van der Waals surface area (Å²) in [5.74, 6) is -0.315. The zero-order chi connectivity index (χ0) is 20.5. The molecule has 0 fully saturated rings. The van der Waals surface area contributed by atoms with Crippen LogP contribution in [0.2, 0.25) is 0 Å². The van der Waals surface area contributed by atoms with Crippen LogP contribution in [0, 0.1) is 13.8 Å². The molecule has 0 atom stereocenters. The number of carbonyl (C=O) groups is 1. The number of rotatable bonds is 4. The molecule has 4 rings (SSSR count). The summed E-state index contributed by atoms with van der Waals surface area (Å²) in [6.45, 7) is 3.74. The summed E-state index contributed by atoms with van der Waals surface area (Å²) in [7, 11) is 0. The summed E-state index contributed by atoms with van der Waals surface area (Å²) < 4.78 is 3.53. The van der Waals surface area contributed by atoms with E-state index in [1.807, 2.05) is 56.3 Å². The van der Waals surface area contributed by atoms with E-state index in [0.717, 1.165) is 31.5 Å². The van der Waals surface area contributed by atoms with Crippen LogP contribution in [0.15, 0.2) is 64.1 Å². The summed E-state index contributed by atoms with van der Waals surface area (Å²) >= 11 is 3.40. The maximum absolute atomic E-state index is 12.8. The van der Waals surface area contributed by atoms with Crippen molar-refractivity contribution in [3.63, 3.8) is 0 Å². The van der Waals surface area contributed by atoms with Crippen molar-refractivity contribution in [3.8, 4) is 11.3 Å². The predicted molar refractivity (Wildman–Crippen MR) is 115 cm³/mol. The highest BCUT2D eigenvalue weighted by molar-refractivity contribution is 9.10. The van der Waals surface area contributed by atoms with Gasteiger partial charge in [-0.05, 0) is 49.2 Å². The molecule has 0 bridgehead atoms. The number of hydrogen-bond acceptors (Lipinski definition) is 4. The van der Waals surface area contributed by atoms with E-state index in [9.17, 15) is 9.59 Å². The highest BCUT2D eigenvalue weighted by Crippen LogP contribution is 2.21.